The summed E-state index contributed by atoms with van der Waals surface area (Å²) in [5.74, 6) is 2.92. The molecule has 0 saturated heterocycles. The summed E-state index contributed by atoms with van der Waals surface area (Å²) in [5.41, 5.74) is 0.342. The molecule has 144 valence electrons. The van der Waals surface area contributed by atoms with Crippen LogP contribution in [0.3, 0.4) is 0 Å². The van der Waals surface area contributed by atoms with Gasteiger partial charge in [0.1, 0.15) is 11.6 Å². The lowest BCUT2D eigenvalue weighted by Gasteiger charge is -2.61. The first-order chi connectivity index (χ1) is 12.6. The number of aryl methyl sites for hydroxylation is 2. The molecule has 0 bridgehead atoms. The second kappa shape index (κ2) is 7.18. The van der Waals surface area contributed by atoms with Gasteiger partial charge < -0.3 is 15.4 Å². The molecular weight excluding hydrogens is 328 g/mol. The van der Waals surface area contributed by atoms with Crippen LogP contribution < -0.4 is 10.6 Å². The van der Waals surface area contributed by atoms with E-state index in [4.69, 9.17) is 9.73 Å². The van der Waals surface area contributed by atoms with Crippen LogP contribution in [0.15, 0.2) is 4.99 Å². The highest BCUT2D eigenvalue weighted by molar-refractivity contribution is 5.80. The number of aliphatic imine (C=N–C) groups is 1. The molecule has 3 atom stereocenters. The van der Waals surface area contributed by atoms with Crippen molar-refractivity contribution in [3.8, 4) is 0 Å². The van der Waals surface area contributed by atoms with Crippen LogP contribution in [0.5, 0.6) is 0 Å². The summed E-state index contributed by atoms with van der Waals surface area (Å²) in [6, 6.07) is 0.833. The molecule has 7 nitrogen and oxygen atoms in total. The van der Waals surface area contributed by atoms with E-state index in [0.717, 1.165) is 56.6 Å². The summed E-state index contributed by atoms with van der Waals surface area (Å²) < 4.78 is 8.02. The van der Waals surface area contributed by atoms with Gasteiger partial charge in [-0.15, -0.1) is 0 Å². The molecule has 1 aromatic rings. The van der Waals surface area contributed by atoms with Gasteiger partial charge in [0.2, 0.25) is 0 Å². The summed E-state index contributed by atoms with van der Waals surface area (Å²) >= 11 is 0. The van der Waals surface area contributed by atoms with Crippen LogP contribution >= 0.6 is 0 Å². The van der Waals surface area contributed by atoms with Crippen molar-refractivity contribution in [2.45, 2.75) is 84.0 Å². The van der Waals surface area contributed by atoms with E-state index in [1.165, 1.54) is 19.3 Å². The number of nitrogens with one attached hydrogen (secondary N) is 2. The van der Waals surface area contributed by atoms with Gasteiger partial charge in [0.25, 0.3) is 0 Å². The largest absolute Gasteiger partial charge is 0.378 e. The quantitative estimate of drug-likeness (QED) is 0.619. The minimum Gasteiger partial charge on any atom is -0.378 e. The van der Waals surface area contributed by atoms with E-state index in [-0.39, 0.29) is 0 Å². The van der Waals surface area contributed by atoms with E-state index in [9.17, 15) is 0 Å². The van der Waals surface area contributed by atoms with Gasteiger partial charge in [-0.1, -0.05) is 6.42 Å². The van der Waals surface area contributed by atoms with Crippen molar-refractivity contribution in [2.24, 2.45) is 10.4 Å². The lowest BCUT2D eigenvalue weighted by atomic mass is 9.51. The second-order valence-corrected chi connectivity index (χ2v) is 7.92. The van der Waals surface area contributed by atoms with Crippen LogP contribution in [0.25, 0.3) is 0 Å². The third-order valence-corrected chi connectivity index (χ3v) is 6.37. The van der Waals surface area contributed by atoms with Crippen LogP contribution in [0, 0.1) is 12.3 Å². The van der Waals surface area contributed by atoms with Crippen LogP contribution in [0.4, 0.5) is 0 Å². The predicted molar refractivity (Wildman–Crippen MR) is 101 cm³/mol. The van der Waals surface area contributed by atoms with Gasteiger partial charge in [-0.3, -0.25) is 4.99 Å². The Labute approximate surface area is 156 Å². The average molecular weight is 361 g/mol. The highest BCUT2D eigenvalue weighted by Crippen LogP contribution is 2.57. The van der Waals surface area contributed by atoms with Gasteiger partial charge in [-0.05, 0) is 46.5 Å². The van der Waals surface area contributed by atoms with Gasteiger partial charge in [-0.2, -0.15) is 5.10 Å². The maximum absolute atomic E-state index is 5.98. The molecule has 26 heavy (non-hydrogen) atoms. The van der Waals surface area contributed by atoms with Crippen molar-refractivity contribution >= 4 is 5.96 Å². The molecule has 1 spiro atoms. The number of guanidine groups is 1. The number of nitrogens with zero attached hydrogens (tertiary/aromatic N) is 4. The molecule has 0 radical (unpaired) electrons. The minimum absolute atomic E-state index is 0.342. The van der Waals surface area contributed by atoms with Crippen LogP contribution in [0.2, 0.25) is 0 Å². The Morgan fingerprint density at radius 2 is 2.19 bits per heavy atom. The number of ether oxygens (including phenoxy) is 1. The van der Waals surface area contributed by atoms with Crippen molar-refractivity contribution in [1.29, 1.82) is 0 Å². The predicted octanol–water partition coefficient (Wildman–Crippen LogP) is 1.80. The minimum atomic E-state index is 0.342. The summed E-state index contributed by atoms with van der Waals surface area (Å²) in [6.07, 6.45) is 7.44. The lowest BCUT2D eigenvalue weighted by molar-refractivity contribution is -0.168. The molecule has 4 rings (SSSR count). The first-order valence-electron chi connectivity index (χ1n) is 10.2. The first kappa shape index (κ1) is 17.8. The van der Waals surface area contributed by atoms with Crippen molar-refractivity contribution in [1.82, 2.24) is 25.4 Å². The third kappa shape index (κ3) is 3.10. The van der Waals surface area contributed by atoms with Crippen LogP contribution in [-0.2, 0) is 17.7 Å². The monoisotopic (exact) mass is 360 g/mol. The number of rotatable bonds is 5. The van der Waals surface area contributed by atoms with E-state index < -0.39 is 0 Å². The molecule has 2 heterocycles. The molecule has 2 saturated carbocycles. The Kier molecular flexibility index (Phi) is 4.90. The fourth-order valence-corrected chi connectivity index (χ4v) is 4.84. The fourth-order valence-electron chi connectivity index (χ4n) is 4.84. The van der Waals surface area contributed by atoms with Crippen LogP contribution in [0.1, 0.15) is 57.6 Å². The van der Waals surface area contributed by atoms with Crippen molar-refractivity contribution in [3.05, 3.63) is 11.6 Å². The van der Waals surface area contributed by atoms with E-state index >= 15 is 0 Å². The summed E-state index contributed by atoms with van der Waals surface area (Å²) in [7, 11) is 0. The second-order valence-electron chi connectivity index (χ2n) is 7.92. The SMILES string of the molecule is CCN=C(NC1CCc2nc(C)nn2C1)NC1CC(OCC)C12CCC2. The Bertz CT molecular complexity index is 665. The third-order valence-electron chi connectivity index (χ3n) is 6.37. The van der Waals surface area contributed by atoms with Gasteiger partial charge in [0, 0.05) is 37.1 Å². The zero-order valence-electron chi connectivity index (χ0n) is 16.3. The molecule has 0 amide bonds. The maximum Gasteiger partial charge on any atom is 0.191 e. The number of hydrogen-bond acceptors (Lipinski definition) is 4. The van der Waals surface area contributed by atoms with Gasteiger partial charge in [0.05, 0.1) is 12.6 Å². The Balaban J connectivity index is 1.38. The summed E-state index contributed by atoms with van der Waals surface area (Å²) in [6.45, 7) is 8.61. The number of aromatic nitrogens is 3. The molecule has 2 N–H and O–H groups in total. The molecular formula is C19H32N6O. The average Bonchev–Trinajstić information content (AvgIpc) is 2.91. The normalized spacial score (nSPS) is 29.7. The molecule has 0 aromatic carbocycles. The van der Waals surface area contributed by atoms with E-state index in [1.54, 1.807) is 0 Å². The zero-order valence-corrected chi connectivity index (χ0v) is 16.3. The van der Waals surface area contributed by atoms with Crippen molar-refractivity contribution in [2.75, 3.05) is 13.2 Å². The topological polar surface area (TPSA) is 76.4 Å². The maximum atomic E-state index is 5.98. The molecule has 2 aliphatic carbocycles. The Hall–Kier alpha value is -1.63. The van der Waals surface area contributed by atoms with E-state index in [0.29, 0.717) is 23.6 Å². The molecule has 1 aromatic heterocycles. The summed E-state index contributed by atoms with van der Waals surface area (Å²) in [5, 5.41) is 11.9. The van der Waals surface area contributed by atoms with Gasteiger partial charge in [0.15, 0.2) is 5.96 Å². The highest BCUT2D eigenvalue weighted by atomic mass is 16.5. The smallest absolute Gasteiger partial charge is 0.191 e. The van der Waals surface area contributed by atoms with E-state index in [2.05, 4.69) is 34.6 Å². The molecule has 2 fully saturated rings. The van der Waals surface area contributed by atoms with E-state index in [1.807, 2.05) is 11.6 Å². The fraction of sp³-hybridized carbons (Fsp3) is 0.842. The Morgan fingerprint density at radius 1 is 1.35 bits per heavy atom. The molecule has 3 aliphatic rings. The molecule has 3 unspecified atom stereocenters. The Morgan fingerprint density at radius 3 is 2.88 bits per heavy atom. The highest BCUT2D eigenvalue weighted by Gasteiger charge is 2.59. The van der Waals surface area contributed by atoms with Gasteiger partial charge in [-0.25, -0.2) is 9.67 Å². The first-order valence-corrected chi connectivity index (χ1v) is 10.2. The van der Waals surface area contributed by atoms with Crippen LogP contribution in [-0.4, -0.2) is 52.1 Å². The molecule has 7 heteroatoms. The van der Waals surface area contributed by atoms with Crippen molar-refractivity contribution in [3.63, 3.8) is 0 Å². The standard InChI is InChI=1S/C19H32N6O/c1-4-20-18(22-14-7-8-17-21-13(3)24-25(17)12-14)23-15-11-16(26-5-2)19(15)9-6-10-19/h14-16H,4-12H2,1-3H3,(H2,20,22,23). The molecule has 1 aliphatic heterocycles. The lowest BCUT2D eigenvalue weighted by Crippen LogP contribution is -2.69. The zero-order chi connectivity index (χ0) is 18.1. The van der Waals surface area contributed by atoms with Crippen molar-refractivity contribution < 1.29 is 4.74 Å². The van der Waals surface area contributed by atoms with Gasteiger partial charge >= 0.3 is 0 Å². The summed E-state index contributed by atoms with van der Waals surface area (Å²) in [4.78, 5) is 9.20. The number of fused-ring (bicyclic) bond motifs is 1. The number of hydrogen-bond donors (Lipinski definition) is 2.